The van der Waals surface area contributed by atoms with E-state index in [2.05, 4.69) is 73.1 Å². The van der Waals surface area contributed by atoms with Gasteiger partial charge in [-0.15, -0.1) is 0 Å². The molecule has 0 aliphatic carbocycles. The molecule has 1 aliphatic rings. The van der Waals surface area contributed by atoms with E-state index >= 15 is 0 Å². The molecule has 1 nitrogen and oxygen atoms in total. The van der Waals surface area contributed by atoms with Gasteiger partial charge in [-0.25, -0.2) is 0 Å². The summed E-state index contributed by atoms with van der Waals surface area (Å²) in [6, 6.07) is 22.1. The maximum atomic E-state index is 2.42. The number of hydrogen-bond acceptors (Lipinski definition) is 1. The van der Waals surface area contributed by atoms with E-state index in [1.165, 1.54) is 42.7 Å². The summed E-state index contributed by atoms with van der Waals surface area (Å²) in [5.41, 5.74) is 5.26. The molecular formula is C18H12BNS. The van der Waals surface area contributed by atoms with E-state index in [-0.39, 0.29) is 0 Å². The summed E-state index contributed by atoms with van der Waals surface area (Å²) >= 11 is 1.88. The lowest BCUT2D eigenvalue weighted by molar-refractivity contribution is 1.09. The number of para-hydroxylation sites is 2. The average Bonchev–Trinajstić information content (AvgIpc) is 2.84. The molecule has 1 aromatic heterocycles. The van der Waals surface area contributed by atoms with Crippen LogP contribution in [-0.4, -0.2) is 12.4 Å². The van der Waals surface area contributed by atoms with Crippen LogP contribution in [0.3, 0.4) is 0 Å². The minimum absolute atomic E-state index is 1.30. The zero-order valence-corrected chi connectivity index (χ0v) is 12.4. The van der Waals surface area contributed by atoms with E-state index in [9.17, 15) is 0 Å². The number of rotatable bonds is 0. The zero-order valence-electron chi connectivity index (χ0n) is 11.6. The molecule has 0 bridgehead atoms. The van der Waals surface area contributed by atoms with Gasteiger partial charge in [0.25, 0.3) is 0 Å². The summed E-state index contributed by atoms with van der Waals surface area (Å²) in [6.45, 7) is 0. The van der Waals surface area contributed by atoms with Gasteiger partial charge in [0.05, 0.1) is 16.7 Å². The van der Waals surface area contributed by atoms with Gasteiger partial charge in [-0.05, 0) is 18.2 Å². The summed E-state index contributed by atoms with van der Waals surface area (Å²) in [4.78, 5) is 2.69. The minimum atomic E-state index is 1.30. The molecule has 4 aromatic rings. The highest BCUT2D eigenvalue weighted by Gasteiger charge is 2.22. The molecule has 21 heavy (non-hydrogen) atoms. The van der Waals surface area contributed by atoms with E-state index in [0.29, 0.717) is 0 Å². The molecule has 0 atom stereocenters. The summed E-state index contributed by atoms with van der Waals surface area (Å²) in [6.07, 6.45) is 0. The van der Waals surface area contributed by atoms with Crippen LogP contribution >= 0.6 is 11.8 Å². The van der Waals surface area contributed by atoms with Crippen molar-refractivity contribution in [3.63, 3.8) is 0 Å². The third-order valence-electron chi connectivity index (χ3n) is 4.23. The highest BCUT2D eigenvalue weighted by molar-refractivity contribution is 7.99. The molecule has 0 amide bonds. The Morgan fingerprint density at radius 3 is 2.62 bits per heavy atom. The molecule has 0 N–H and O–H groups in total. The minimum Gasteiger partial charge on any atom is -0.307 e. The predicted molar refractivity (Wildman–Crippen MR) is 93.1 cm³/mol. The van der Waals surface area contributed by atoms with E-state index < -0.39 is 0 Å². The molecule has 98 valence electrons. The summed E-state index contributed by atoms with van der Waals surface area (Å²) in [5, 5.41) is 2.69. The molecule has 0 fully saturated rings. The van der Waals surface area contributed by atoms with Crippen molar-refractivity contribution in [2.24, 2.45) is 0 Å². The molecule has 3 aromatic carbocycles. The van der Waals surface area contributed by atoms with Crippen LogP contribution in [-0.2, 0) is 0 Å². The van der Waals surface area contributed by atoms with Crippen LogP contribution in [0.25, 0.3) is 27.5 Å². The Bertz CT molecular complexity index is 1030. The second-order valence-electron chi connectivity index (χ2n) is 5.58. The molecule has 0 spiro atoms. The van der Waals surface area contributed by atoms with Gasteiger partial charge < -0.3 is 4.57 Å². The first-order chi connectivity index (χ1) is 10.3. The van der Waals surface area contributed by atoms with Crippen molar-refractivity contribution < 1.29 is 0 Å². The van der Waals surface area contributed by atoms with E-state index in [1.54, 1.807) is 0 Å². The lowest BCUT2D eigenvalue weighted by Gasteiger charge is -2.20. The highest BCUT2D eigenvalue weighted by Crippen LogP contribution is 2.45. The third-order valence-corrected chi connectivity index (χ3v) is 5.33. The van der Waals surface area contributed by atoms with E-state index in [4.69, 9.17) is 0 Å². The zero-order chi connectivity index (χ0) is 14.0. The van der Waals surface area contributed by atoms with Crippen molar-refractivity contribution >= 4 is 46.9 Å². The van der Waals surface area contributed by atoms with Gasteiger partial charge in [-0.1, -0.05) is 59.7 Å². The highest BCUT2D eigenvalue weighted by atomic mass is 32.2. The standard InChI is InChI=1S/C18H12BNS/c19-11-8-9-15-17(10-11)21-16-7-3-5-13-12-4-1-2-6-14(12)20(15)18(13)16/h1-10H,19H2. The second-order valence-corrected chi connectivity index (χ2v) is 6.66. The molecule has 0 unspecified atom stereocenters. The third kappa shape index (κ3) is 1.44. The largest absolute Gasteiger partial charge is 0.307 e. The van der Waals surface area contributed by atoms with Crippen LogP contribution in [0.2, 0.25) is 0 Å². The maximum absolute atomic E-state index is 2.42. The van der Waals surface area contributed by atoms with Gasteiger partial charge in [0.2, 0.25) is 0 Å². The molecule has 2 heterocycles. The quantitative estimate of drug-likeness (QED) is 0.394. The van der Waals surface area contributed by atoms with Crippen LogP contribution < -0.4 is 5.46 Å². The van der Waals surface area contributed by atoms with Crippen molar-refractivity contribution in [2.45, 2.75) is 9.79 Å². The number of aromatic nitrogens is 1. The van der Waals surface area contributed by atoms with Gasteiger partial charge in [0.1, 0.15) is 7.85 Å². The number of benzene rings is 3. The summed E-state index contributed by atoms with van der Waals surface area (Å²) in [7, 11) is 2.16. The molecular weight excluding hydrogens is 273 g/mol. The first kappa shape index (κ1) is 11.5. The van der Waals surface area contributed by atoms with Gasteiger partial charge in [0.15, 0.2) is 0 Å². The predicted octanol–water partition coefficient (Wildman–Crippen LogP) is 3.51. The van der Waals surface area contributed by atoms with Crippen LogP contribution in [0.4, 0.5) is 0 Å². The van der Waals surface area contributed by atoms with E-state index in [1.807, 2.05) is 11.8 Å². The molecule has 0 radical (unpaired) electrons. The smallest absolute Gasteiger partial charge is 0.139 e. The maximum Gasteiger partial charge on any atom is 0.139 e. The van der Waals surface area contributed by atoms with Gasteiger partial charge in [0, 0.05) is 20.6 Å². The fourth-order valence-electron chi connectivity index (χ4n) is 3.33. The molecule has 5 rings (SSSR count). The van der Waals surface area contributed by atoms with Gasteiger partial charge in [-0.2, -0.15) is 0 Å². The number of fused-ring (bicyclic) bond motifs is 5. The Kier molecular flexibility index (Phi) is 2.17. The summed E-state index contributed by atoms with van der Waals surface area (Å²) < 4.78 is 2.42. The first-order valence-corrected chi connectivity index (χ1v) is 7.95. The van der Waals surface area contributed by atoms with Crippen molar-refractivity contribution in [1.29, 1.82) is 0 Å². The van der Waals surface area contributed by atoms with Crippen molar-refractivity contribution in [3.05, 3.63) is 60.7 Å². The molecule has 0 saturated heterocycles. The van der Waals surface area contributed by atoms with Crippen LogP contribution in [0.15, 0.2) is 70.5 Å². The lowest BCUT2D eigenvalue weighted by atomic mass is 9.96. The van der Waals surface area contributed by atoms with Crippen molar-refractivity contribution in [1.82, 2.24) is 4.57 Å². The topological polar surface area (TPSA) is 4.93 Å². The Labute approximate surface area is 128 Å². The Morgan fingerprint density at radius 1 is 0.810 bits per heavy atom. The monoisotopic (exact) mass is 285 g/mol. The molecule has 1 aliphatic heterocycles. The van der Waals surface area contributed by atoms with Crippen LogP contribution in [0.5, 0.6) is 0 Å². The fraction of sp³-hybridized carbons (Fsp3) is 0. The Hall–Kier alpha value is -2.13. The second kappa shape index (κ2) is 3.95. The van der Waals surface area contributed by atoms with Crippen molar-refractivity contribution in [2.75, 3.05) is 0 Å². The van der Waals surface area contributed by atoms with Crippen molar-refractivity contribution in [3.8, 4) is 5.69 Å². The van der Waals surface area contributed by atoms with Crippen LogP contribution in [0.1, 0.15) is 0 Å². The first-order valence-electron chi connectivity index (χ1n) is 7.14. The molecule has 0 saturated carbocycles. The molecule has 3 heteroatoms. The van der Waals surface area contributed by atoms with Gasteiger partial charge >= 0.3 is 0 Å². The van der Waals surface area contributed by atoms with E-state index in [0.717, 1.165) is 0 Å². The normalized spacial score (nSPS) is 12.8. The lowest BCUT2D eigenvalue weighted by Crippen LogP contribution is -2.07. The number of nitrogens with zero attached hydrogens (tertiary/aromatic N) is 1. The summed E-state index contributed by atoms with van der Waals surface area (Å²) in [5.74, 6) is 0. The Morgan fingerprint density at radius 2 is 1.67 bits per heavy atom. The average molecular weight is 285 g/mol. The Balaban J connectivity index is 2.07. The van der Waals surface area contributed by atoms with Gasteiger partial charge in [-0.3, -0.25) is 0 Å². The SMILES string of the molecule is Bc1ccc2c(c1)Sc1cccc3c4ccccc4n-2c13. The fourth-order valence-corrected chi connectivity index (χ4v) is 4.52. The van der Waals surface area contributed by atoms with Crippen LogP contribution in [0, 0.1) is 0 Å². The number of hydrogen-bond donors (Lipinski definition) is 0.